The first-order valence-electron chi connectivity index (χ1n) is 6.39. The molecule has 1 unspecified atom stereocenters. The molecule has 0 aliphatic rings. The van der Waals surface area contributed by atoms with Gasteiger partial charge in [-0.1, -0.05) is 28.1 Å². The summed E-state index contributed by atoms with van der Waals surface area (Å²) >= 11 is 3.57. The van der Waals surface area contributed by atoms with Crippen molar-refractivity contribution in [3.8, 4) is 5.75 Å². The number of ether oxygens (including phenoxy) is 1. The van der Waals surface area contributed by atoms with Crippen LogP contribution in [0, 0.1) is 5.82 Å². The number of rotatable bonds is 5. The predicted octanol–water partition coefficient (Wildman–Crippen LogP) is 4.10. The molecule has 0 amide bonds. The Morgan fingerprint density at radius 1 is 1.20 bits per heavy atom. The summed E-state index contributed by atoms with van der Waals surface area (Å²) in [4.78, 5) is 0. The van der Waals surface area contributed by atoms with E-state index >= 15 is 0 Å². The molecule has 2 rings (SSSR count). The van der Waals surface area contributed by atoms with E-state index in [1.165, 1.54) is 12.1 Å². The molecule has 0 saturated heterocycles. The van der Waals surface area contributed by atoms with Crippen LogP contribution in [0.15, 0.2) is 46.9 Å². The van der Waals surface area contributed by atoms with Gasteiger partial charge in [-0.25, -0.2) is 4.39 Å². The quantitative estimate of drug-likeness (QED) is 0.886. The Morgan fingerprint density at radius 3 is 2.50 bits per heavy atom. The van der Waals surface area contributed by atoms with Gasteiger partial charge in [-0.15, -0.1) is 0 Å². The zero-order valence-electron chi connectivity index (χ0n) is 11.5. The van der Waals surface area contributed by atoms with Crippen LogP contribution in [0.2, 0.25) is 0 Å². The van der Waals surface area contributed by atoms with Crippen molar-refractivity contribution in [1.29, 1.82) is 0 Å². The number of benzene rings is 2. The normalized spacial score (nSPS) is 12.2. The smallest absolute Gasteiger partial charge is 0.123 e. The Bertz CT molecular complexity index is 571. The van der Waals surface area contributed by atoms with Crippen molar-refractivity contribution in [2.24, 2.45) is 0 Å². The summed E-state index contributed by atoms with van der Waals surface area (Å²) in [6.07, 6.45) is 0.780. The lowest BCUT2D eigenvalue weighted by atomic mass is 9.99. The zero-order chi connectivity index (χ0) is 14.5. The van der Waals surface area contributed by atoms with E-state index in [0.29, 0.717) is 0 Å². The molecule has 2 aromatic carbocycles. The van der Waals surface area contributed by atoms with E-state index in [1.54, 1.807) is 7.11 Å². The maximum Gasteiger partial charge on any atom is 0.123 e. The Balaban J connectivity index is 2.25. The van der Waals surface area contributed by atoms with Crippen LogP contribution in [0.1, 0.15) is 17.2 Å². The standard InChI is InChI=1S/C16H17BrFNO/c1-19-16(9-11-3-5-12(18)6-4-11)14-10-13(20-2)7-8-15(14)17/h3-8,10,16,19H,9H2,1-2H3. The number of likely N-dealkylation sites (N-methyl/N-ethyl adjacent to an activating group) is 1. The summed E-state index contributed by atoms with van der Waals surface area (Å²) in [7, 11) is 3.57. The van der Waals surface area contributed by atoms with Gasteiger partial charge in [0.05, 0.1) is 7.11 Å². The Hall–Kier alpha value is -1.39. The first kappa shape index (κ1) is 15.0. The van der Waals surface area contributed by atoms with Gasteiger partial charge in [-0.3, -0.25) is 0 Å². The fourth-order valence-corrected chi connectivity index (χ4v) is 2.66. The van der Waals surface area contributed by atoms with Gasteiger partial charge in [-0.05, 0) is 54.9 Å². The van der Waals surface area contributed by atoms with Crippen LogP contribution in [0.5, 0.6) is 5.75 Å². The molecule has 0 heterocycles. The van der Waals surface area contributed by atoms with Crippen molar-refractivity contribution in [2.45, 2.75) is 12.5 Å². The van der Waals surface area contributed by atoms with E-state index < -0.39 is 0 Å². The largest absolute Gasteiger partial charge is 0.497 e. The lowest BCUT2D eigenvalue weighted by Crippen LogP contribution is -2.19. The van der Waals surface area contributed by atoms with Crippen LogP contribution in [-0.4, -0.2) is 14.2 Å². The van der Waals surface area contributed by atoms with Crippen LogP contribution >= 0.6 is 15.9 Å². The van der Waals surface area contributed by atoms with Crippen LogP contribution in [-0.2, 0) is 6.42 Å². The molecule has 0 aliphatic carbocycles. The van der Waals surface area contributed by atoms with Crippen LogP contribution in [0.4, 0.5) is 4.39 Å². The van der Waals surface area contributed by atoms with Gasteiger partial charge >= 0.3 is 0 Å². The maximum atomic E-state index is 13.0. The minimum atomic E-state index is -0.211. The van der Waals surface area contributed by atoms with Crippen LogP contribution < -0.4 is 10.1 Å². The fraction of sp³-hybridized carbons (Fsp3) is 0.250. The number of hydrogen-bond acceptors (Lipinski definition) is 2. The van der Waals surface area contributed by atoms with Crippen molar-refractivity contribution in [2.75, 3.05) is 14.2 Å². The predicted molar refractivity (Wildman–Crippen MR) is 82.6 cm³/mol. The minimum absolute atomic E-state index is 0.130. The molecule has 0 radical (unpaired) electrons. The molecule has 0 spiro atoms. The summed E-state index contributed by atoms with van der Waals surface area (Å²) in [6, 6.07) is 12.6. The third-order valence-electron chi connectivity index (χ3n) is 3.28. The maximum absolute atomic E-state index is 13.0. The van der Waals surface area contributed by atoms with Gasteiger partial charge in [0.2, 0.25) is 0 Å². The van der Waals surface area contributed by atoms with Gasteiger partial charge in [-0.2, -0.15) is 0 Å². The fourth-order valence-electron chi connectivity index (χ4n) is 2.14. The Kier molecular flexibility index (Phi) is 5.15. The van der Waals surface area contributed by atoms with Crippen LogP contribution in [0.3, 0.4) is 0 Å². The van der Waals surface area contributed by atoms with Crippen LogP contribution in [0.25, 0.3) is 0 Å². The number of methoxy groups -OCH3 is 1. The Labute approximate surface area is 127 Å². The molecule has 106 valence electrons. The SMILES string of the molecule is CNC(Cc1ccc(F)cc1)c1cc(OC)ccc1Br. The van der Waals surface area contributed by atoms with E-state index in [4.69, 9.17) is 4.74 Å². The number of hydrogen-bond donors (Lipinski definition) is 1. The van der Waals surface area contributed by atoms with E-state index in [9.17, 15) is 4.39 Å². The summed E-state index contributed by atoms with van der Waals surface area (Å²) in [5, 5.41) is 3.29. The van der Waals surface area contributed by atoms with E-state index in [-0.39, 0.29) is 11.9 Å². The molecule has 1 N–H and O–H groups in total. The van der Waals surface area contributed by atoms with Gasteiger partial charge < -0.3 is 10.1 Å². The average molecular weight is 338 g/mol. The molecule has 0 aromatic heterocycles. The van der Waals surface area contributed by atoms with Gasteiger partial charge in [0.25, 0.3) is 0 Å². The molecular weight excluding hydrogens is 321 g/mol. The average Bonchev–Trinajstić information content (AvgIpc) is 2.47. The second kappa shape index (κ2) is 6.86. The number of nitrogens with one attached hydrogen (secondary N) is 1. The van der Waals surface area contributed by atoms with Crippen molar-refractivity contribution in [3.05, 3.63) is 63.9 Å². The van der Waals surface area contributed by atoms with E-state index in [1.807, 2.05) is 37.4 Å². The van der Waals surface area contributed by atoms with E-state index in [2.05, 4.69) is 21.2 Å². The lowest BCUT2D eigenvalue weighted by Gasteiger charge is -2.19. The molecule has 0 fully saturated rings. The zero-order valence-corrected chi connectivity index (χ0v) is 13.1. The van der Waals surface area contributed by atoms with Crippen molar-refractivity contribution in [3.63, 3.8) is 0 Å². The van der Waals surface area contributed by atoms with Crippen molar-refractivity contribution < 1.29 is 9.13 Å². The summed E-state index contributed by atoms with van der Waals surface area (Å²) in [5.74, 6) is 0.611. The highest BCUT2D eigenvalue weighted by Gasteiger charge is 2.14. The second-order valence-electron chi connectivity index (χ2n) is 4.56. The van der Waals surface area contributed by atoms with Crippen molar-refractivity contribution >= 4 is 15.9 Å². The molecular formula is C16H17BrFNO. The lowest BCUT2D eigenvalue weighted by molar-refractivity contribution is 0.413. The molecule has 0 saturated carbocycles. The molecule has 4 heteroatoms. The summed E-state index contributed by atoms with van der Waals surface area (Å²) in [6.45, 7) is 0. The highest BCUT2D eigenvalue weighted by atomic mass is 79.9. The third kappa shape index (κ3) is 3.58. The highest BCUT2D eigenvalue weighted by Crippen LogP contribution is 2.29. The summed E-state index contributed by atoms with van der Waals surface area (Å²) < 4.78 is 19.3. The first-order chi connectivity index (χ1) is 9.63. The molecule has 2 nitrogen and oxygen atoms in total. The second-order valence-corrected chi connectivity index (χ2v) is 5.41. The van der Waals surface area contributed by atoms with Crippen molar-refractivity contribution in [1.82, 2.24) is 5.32 Å². The van der Waals surface area contributed by atoms with E-state index in [0.717, 1.165) is 27.8 Å². The van der Waals surface area contributed by atoms with Gasteiger partial charge in [0.1, 0.15) is 11.6 Å². The molecule has 0 bridgehead atoms. The highest BCUT2D eigenvalue weighted by molar-refractivity contribution is 9.10. The van der Waals surface area contributed by atoms with Gasteiger partial charge in [0.15, 0.2) is 0 Å². The first-order valence-corrected chi connectivity index (χ1v) is 7.18. The third-order valence-corrected chi connectivity index (χ3v) is 4.00. The van der Waals surface area contributed by atoms with Gasteiger partial charge in [0, 0.05) is 10.5 Å². The number of halogens is 2. The summed E-state index contributed by atoms with van der Waals surface area (Å²) in [5.41, 5.74) is 2.21. The molecule has 20 heavy (non-hydrogen) atoms. The monoisotopic (exact) mass is 337 g/mol. The Morgan fingerprint density at radius 2 is 1.90 bits per heavy atom. The topological polar surface area (TPSA) is 21.3 Å². The molecule has 1 atom stereocenters. The molecule has 2 aromatic rings. The minimum Gasteiger partial charge on any atom is -0.497 e. The molecule has 0 aliphatic heterocycles.